The number of aromatic nitrogens is 4. The minimum absolute atomic E-state index is 0.285. The Morgan fingerprint density at radius 2 is 2.28 bits per heavy atom. The van der Waals surface area contributed by atoms with E-state index >= 15 is 0 Å². The van der Waals surface area contributed by atoms with Crippen LogP contribution in [0.25, 0.3) is 0 Å². The summed E-state index contributed by atoms with van der Waals surface area (Å²) < 4.78 is 0. The van der Waals surface area contributed by atoms with Crippen LogP contribution >= 0.6 is 11.3 Å². The van der Waals surface area contributed by atoms with Gasteiger partial charge in [-0.15, -0.1) is 21.5 Å². The number of hydrogen-bond acceptors (Lipinski definition) is 5. The molecule has 18 heavy (non-hydrogen) atoms. The van der Waals surface area contributed by atoms with E-state index in [2.05, 4.69) is 46.7 Å². The molecule has 2 rings (SSSR count). The second-order valence-corrected chi connectivity index (χ2v) is 5.67. The maximum absolute atomic E-state index is 4.25. The lowest BCUT2D eigenvalue weighted by Crippen LogP contribution is -2.23. The predicted molar refractivity (Wildman–Crippen MR) is 72.6 cm³/mol. The third-order valence-electron chi connectivity index (χ3n) is 2.68. The summed E-state index contributed by atoms with van der Waals surface area (Å²) in [4.78, 5) is 4.18. The van der Waals surface area contributed by atoms with Gasteiger partial charge in [-0.2, -0.15) is 4.80 Å². The van der Waals surface area contributed by atoms with Gasteiger partial charge in [0.05, 0.1) is 7.05 Å². The maximum Gasteiger partial charge on any atom is 0.176 e. The smallest absolute Gasteiger partial charge is 0.176 e. The number of rotatable bonds is 6. The van der Waals surface area contributed by atoms with Crippen LogP contribution in [0, 0.1) is 6.92 Å². The molecular formula is C12H19N5S. The lowest BCUT2D eigenvalue weighted by molar-refractivity contribution is 0.524. The number of tetrazole rings is 1. The van der Waals surface area contributed by atoms with Crippen molar-refractivity contribution >= 4 is 11.3 Å². The van der Waals surface area contributed by atoms with E-state index in [-0.39, 0.29) is 6.04 Å². The number of hydrogen-bond donors (Lipinski definition) is 1. The molecule has 0 saturated carbocycles. The van der Waals surface area contributed by atoms with Crippen LogP contribution in [0.1, 0.15) is 35.0 Å². The van der Waals surface area contributed by atoms with E-state index in [0.717, 1.165) is 25.2 Å². The van der Waals surface area contributed by atoms with Gasteiger partial charge in [-0.25, -0.2) is 0 Å². The van der Waals surface area contributed by atoms with Crippen molar-refractivity contribution in [2.75, 3.05) is 6.54 Å². The van der Waals surface area contributed by atoms with Gasteiger partial charge in [-0.1, -0.05) is 6.92 Å². The fourth-order valence-corrected chi connectivity index (χ4v) is 2.77. The topological polar surface area (TPSA) is 55.6 Å². The van der Waals surface area contributed by atoms with E-state index in [1.54, 1.807) is 7.05 Å². The Morgan fingerprint density at radius 3 is 2.83 bits per heavy atom. The molecular weight excluding hydrogens is 246 g/mol. The van der Waals surface area contributed by atoms with Crippen LogP contribution in [0.4, 0.5) is 0 Å². The molecule has 0 saturated heterocycles. The molecule has 0 radical (unpaired) electrons. The maximum atomic E-state index is 4.25. The molecule has 2 aromatic rings. The van der Waals surface area contributed by atoms with E-state index in [0.29, 0.717) is 0 Å². The van der Waals surface area contributed by atoms with Crippen LogP contribution < -0.4 is 5.32 Å². The fourth-order valence-electron chi connectivity index (χ4n) is 1.82. The van der Waals surface area contributed by atoms with Crippen molar-refractivity contribution in [3.63, 3.8) is 0 Å². The second-order valence-electron chi connectivity index (χ2n) is 4.35. The van der Waals surface area contributed by atoms with Gasteiger partial charge in [0.15, 0.2) is 5.82 Å². The standard InChI is InChI=1S/C12H19N5S/c1-4-7-13-10(11-6-5-9(2)18-11)8-12-14-16-17(3)15-12/h5-6,10,13H,4,7-8H2,1-3H3. The Labute approximate surface area is 111 Å². The molecule has 0 aliphatic heterocycles. The van der Waals surface area contributed by atoms with Crippen molar-refractivity contribution in [2.45, 2.75) is 32.7 Å². The van der Waals surface area contributed by atoms with E-state index in [9.17, 15) is 0 Å². The zero-order chi connectivity index (χ0) is 13.0. The third-order valence-corrected chi connectivity index (χ3v) is 3.80. The first-order valence-corrected chi connectivity index (χ1v) is 7.03. The average Bonchev–Trinajstić information content (AvgIpc) is 2.93. The van der Waals surface area contributed by atoms with Crippen molar-refractivity contribution < 1.29 is 0 Å². The minimum Gasteiger partial charge on any atom is -0.309 e. The minimum atomic E-state index is 0.285. The normalized spacial score (nSPS) is 12.8. The van der Waals surface area contributed by atoms with Gasteiger partial charge >= 0.3 is 0 Å². The highest BCUT2D eigenvalue weighted by Crippen LogP contribution is 2.24. The van der Waals surface area contributed by atoms with Gasteiger partial charge in [0.1, 0.15) is 0 Å². The highest BCUT2D eigenvalue weighted by molar-refractivity contribution is 7.12. The predicted octanol–water partition coefficient (Wildman–Crippen LogP) is 1.86. The molecule has 1 atom stereocenters. The third kappa shape index (κ3) is 3.36. The zero-order valence-electron chi connectivity index (χ0n) is 11.1. The molecule has 1 N–H and O–H groups in total. The Balaban J connectivity index is 2.09. The molecule has 98 valence electrons. The number of nitrogens with zero attached hydrogens (tertiary/aromatic N) is 4. The molecule has 0 spiro atoms. The first-order chi connectivity index (χ1) is 8.69. The Bertz CT molecular complexity index is 490. The summed E-state index contributed by atoms with van der Waals surface area (Å²) in [5.41, 5.74) is 0. The van der Waals surface area contributed by atoms with Crippen molar-refractivity contribution in [2.24, 2.45) is 7.05 Å². The van der Waals surface area contributed by atoms with Crippen LogP contribution in [-0.4, -0.2) is 26.8 Å². The summed E-state index contributed by atoms with van der Waals surface area (Å²) in [6.07, 6.45) is 1.91. The summed E-state index contributed by atoms with van der Waals surface area (Å²) in [7, 11) is 1.79. The zero-order valence-corrected chi connectivity index (χ0v) is 11.9. The monoisotopic (exact) mass is 265 g/mol. The van der Waals surface area contributed by atoms with Crippen molar-refractivity contribution in [1.29, 1.82) is 0 Å². The SMILES string of the molecule is CCCNC(Cc1nnn(C)n1)c1ccc(C)s1. The van der Waals surface area contributed by atoms with Crippen LogP contribution in [0.5, 0.6) is 0 Å². The molecule has 6 heteroatoms. The van der Waals surface area contributed by atoms with Crippen LogP contribution in [0.2, 0.25) is 0 Å². The van der Waals surface area contributed by atoms with Gasteiger partial charge in [-0.05, 0) is 37.2 Å². The van der Waals surface area contributed by atoms with E-state index in [1.807, 2.05) is 11.3 Å². The van der Waals surface area contributed by atoms with Gasteiger partial charge in [0.25, 0.3) is 0 Å². The van der Waals surface area contributed by atoms with Gasteiger partial charge in [0, 0.05) is 22.2 Å². The largest absolute Gasteiger partial charge is 0.309 e. The highest BCUT2D eigenvalue weighted by atomic mass is 32.1. The molecule has 0 aliphatic carbocycles. The molecule has 0 bridgehead atoms. The quantitative estimate of drug-likeness (QED) is 0.866. The number of nitrogens with one attached hydrogen (secondary N) is 1. The van der Waals surface area contributed by atoms with E-state index in [4.69, 9.17) is 0 Å². The van der Waals surface area contributed by atoms with Crippen LogP contribution in [0.3, 0.4) is 0 Å². The molecule has 0 fully saturated rings. The molecule has 0 aliphatic rings. The summed E-state index contributed by atoms with van der Waals surface area (Å²) in [6.45, 7) is 5.30. The second kappa shape index (κ2) is 6.06. The Hall–Kier alpha value is -1.27. The molecule has 5 nitrogen and oxygen atoms in total. The van der Waals surface area contributed by atoms with Crippen LogP contribution in [-0.2, 0) is 13.5 Å². The first kappa shape index (κ1) is 13.2. The summed E-state index contributed by atoms with van der Waals surface area (Å²) in [5.74, 6) is 0.789. The average molecular weight is 265 g/mol. The summed E-state index contributed by atoms with van der Waals surface area (Å²) in [5, 5.41) is 15.7. The fraction of sp³-hybridized carbons (Fsp3) is 0.583. The first-order valence-electron chi connectivity index (χ1n) is 6.21. The number of thiophene rings is 1. The van der Waals surface area contributed by atoms with Gasteiger partial charge in [0.2, 0.25) is 0 Å². The van der Waals surface area contributed by atoms with E-state index in [1.165, 1.54) is 14.6 Å². The van der Waals surface area contributed by atoms with Crippen molar-refractivity contribution in [1.82, 2.24) is 25.5 Å². The Kier molecular flexibility index (Phi) is 4.43. The molecule has 0 aromatic carbocycles. The summed E-state index contributed by atoms with van der Waals surface area (Å²) >= 11 is 1.83. The van der Waals surface area contributed by atoms with Gasteiger partial charge < -0.3 is 5.32 Å². The highest BCUT2D eigenvalue weighted by Gasteiger charge is 2.16. The Morgan fingerprint density at radius 1 is 1.44 bits per heavy atom. The van der Waals surface area contributed by atoms with Crippen molar-refractivity contribution in [3.8, 4) is 0 Å². The van der Waals surface area contributed by atoms with E-state index < -0.39 is 0 Å². The molecule has 2 heterocycles. The molecule has 2 aromatic heterocycles. The molecule has 0 amide bonds. The molecule has 1 unspecified atom stereocenters. The lowest BCUT2D eigenvalue weighted by atomic mass is 10.1. The van der Waals surface area contributed by atoms with Crippen LogP contribution in [0.15, 0.2) is 12.1 Å². The lowest BCUT2D eigenvalue weighted by Gasteiger charge is -2.15. The summed E-state index contributed by atoms with van der Waals surface area (Å²) in [6, 6.07) is 4.63. The van der Waals surface area contributed by atoms with Crippen molar-refractivity contribution in [3.05, 3.63) is 27.7 Å². The number of aryl methyl sites for hydroxylation is 2. The van der Waals surface area contributed by atoms with Gasteiger partial charge in [-0.3, -0.25) is 0 Å².